The minimum atomic E-state index is 0.599. The van der Waals surface area contributed by atoms with Crippen molar-refractivity contribution < 1.29 is 0 Å². The highest BCUT2D eigenvalue weighted by atomic mass is 127. The van der Waals surface area contributed by atoms with Crippen molar-refractivity contribution in [2.75, 3.05) is 6.54 Å². The van der Waals surface area contributed by atoms with E-state index in [0.29, 0.717) is 4.05 Å². The minimum Gasteiger partial charge on any atom is -0.308 e. The first-order valence-electron chi connectivity index (χ1n) is 2.73. The van der Waals surface area contributed by atoms with E-state index in [4.69, 9.17) is 5.41 Å². The van der Waals surface area contributed by atoms with E-state index in [9.17, 15) is 0 Å². The molecule has 0 aromatic rings. The molecule has 0 amide bonds. The van der Waals surface area contributed by atoms with Crippen LogP contribution in [0, 0.1) is 5.41 Å². The maximum Gasteiger partial charge on any atom is 0.0600 e. The Labute approximate surface area is 62.7 Å². The molecule has 2 nitrogen and oxygen atoms in total. The first-order valence-corrected chi connectivity index (χ1v) is 3.97. The molecule has 1 saturated heterocycles. The van der Waals surface area contributed by atoms with E-state index >= 15 is 0 Å². The van der Waals surface area contributed by atoms with E-state index in [1.165, 1.54) is 0 Å². The van der Waals surface area contributed by atoms with Crippen molar-refractivity contribution in [3.63, 3.8) is 0 Å². The molecule has 1 unspecified atom stereocenters. The van der Waals surface area contributed by atoms with Gasteiger partial charge >= 0.3 is 0 Å². The molecule has 1 atom stereocenters. The van der Waals surface area contributed by atoms with E-state index in [-0.39, 0.29) is 0 Å². The van der Waals surface area contributed by atoms with E-state index < -0.39 is 0 Å². The first-order chi connectivity index (χ1) is 3.79. The second kappa shape index (κ2) is 2.77. The molecule has 1 aliphatic heterocycles. The Morgan fingerprint density at radius 2 is 2.50 bits per heavy atom. The van der Waals surface area contributed by atoms with Crippen molar-refractivity contribution in [1.82, 2.24) is 5.32 Å². The highest BCUT2D eigenvalue weighted by Crippen LogP contribution is 2.09. The summed E-state index contributed by atoms with van der Waals surface area (Å²) >= 11 is 2.36. The van der Waals surface area contributed by atoms with E-state index in [0.717, 1.165) is 25.1 Å². The van der Waals surface area contributed by atoms with E-state index in [2.05, 4.69) is 27.9 Å². The molecule has 0 bridgehead atoms. The van der Waals surface area contributed by atoms with Crippen LogP contribution in [0.2, 0.25) is 0 Å². The fourth-order valence-electron chi connectivity index (χ4n) is 0.725. The number of rotatable bonds is 0. The third kappa shape index (κ3) is 1.70. The highest BCUT2D eigenvalue weighted by Gasteiger charge is 2.10. The van der Waals surface area contributed by atoms with Crippen LogP contribution >= 0.6 is 22.6 Å². The van der Waals surface area contributed by atoms with Crippen LogP contribution in [-0.2, 0) is 0 Å². The average Bonchev–Trinajstić information content (AvgIpc) is 1.77. The molecule has 8 heavy (non-hydrogen) atoms. The maximum atomic E-state index is 7.21. The number of hydrogen-bond donors (Lipinski definition) is 2. The fourth-order valence-corrected chi connectivity index (χ4v) is 1.26. The van der Waals surface area contributed by atoms with Crippen LogP contribution in [0.5, 0.6) is 0 Å². The standard InChI is InChI=1S/C5H9IN2/c6-5-2-1-4(7)3-8-5/h5,7-8H,1-3H2. The normalized spacial score (nSPS) is 30.6. The Bertz CT molecular complexity index is 92.6. The lowest BCUT2D eigenvalue weighted by Gasteiger charge is -2.17. The summed E-state index contributed by atoms with van der Waals surface area (Å²) in [6, 6.07) is 0. The summed E-state index contributed by atoms with van der Waals surface area (Å²) in [6.07, 6.45) is 2.11. The fraction of sp³-hybridized carbons (Fsp3) is 0.800. The Balaban J connectivity index is 2.29. The van der Waals surface area contributed by atoms with Gasteiger partial charge in [0, 0.05) is 12.3 Å². The monoisotopic (exact) mass is 224 g/mol. The van der Waals surface area contributed by atoms with E-state index in [1.54, 1.807) is 0 Å². The molecule has 1 heterocycles. The van der Waals surface area contributed by atoms with Crippen LogP contribution in [0.3, 0.4) is 0 Å². The van der Waals surface area contributed by atoms with Gasteiger partial charge in [-0.15, -0.1) is 0 Å². The van der Waals surface area contributed by atoms with Crippen molar-refractivity contribution in [3.8, 4) is 0 Å². The number of nitrogens with one attached hydrogen (secondary N) is 2. The van der Waals surface area contributed by atoms with Gasteiger partial charge in [0.1, 0.15) is 0 Å². The Kier molecular flexibility index (Phi) is 2.25. The molecular formula is C5H9IN2. The lowest BCUT2D eigenvalue weighted by Crippen LogP contribution is -2.34. The largest absolute Gasteiger partial charge is 0.308 e. The number of alkyl halides is 1. The smallest absolute Gasteiger partial charge is 0.0600 e. The lowest BCUT2D eigenvalue weighted by atomic mass is 10.1. The number of piperidine rings is 1. The van der Waals surface area contributed by atoms with Gasteiger partial charge in [-0.3, -0.25) is 0 Å². The molecular weight excluding hydrogens is 215 g/mol. The van der Waals surface area contributed by atoms with Crippen molar-refractivity contribution in [3.05, 3.63) is 0 Å². The van der Waals surface area contributed by atoms with Crippen molar-refractivity contribution in [2.24, 2.45) is 0 Å². The molecule has 0 radical (unpaired) electrons. The number of hydrogen-bond acceptors (Lipinski definition) is 2. The second-order valence-electron chi connectivity index (χ2n) is 1.99. The van der Waals surface area contributed by atoms with Crippen LogP contribution in [0.1, 0.15) is 12.8 Å². The lowest BCUT2D eigenvalue weighted by molar-refractivity contribution is 0.647. The van der Waals surface area contributed by atoms with Gasteiger partial charge in [0.2, 0.25) is 0 Å². The predicted molar refractivity (Wildman–Crippen MR) is 42.8 cm³/mol. The molecule has 0 saturated carbocycles. The van der Waals surface area contributed by atoms with Crippen molar-refractivity contribution in [2.45, 2.75) is 16.9 Å². The van der Waals surface area contributed by atoms with Gasteiger partial charge in [-0.25, -0.2) is 0 Å². The summed E-state index contributed by atoms with van der Waals surface area (Å²) in [5.74, 6) is 0. The molecule has 0 aromatic heterocycles. The summed E-state index contributed by atoms with van der Waals surface area (Å²) in [7, 11) is 0. The summed E-state index contributed by atoms with van der Waals surface area (Å²) in [6.45, 7) is 0.799. The van der Waals surface area contributed by atoms with Crippen molar-refractivity contribution in [1.29, 1.82) is 5.41 Å². The van der Waals surface area contributed by atoms with Gasteiger partial charge in [-0.1, -0.05) is 22.6 Å². The molecule has 2 N–H and O–H groups in total. The van der Waals surface area contributed by atoms with Crippen LogP contribution in [0.15, 0.2) is 0 Å². The summed E-state index contributed by atoms with van der Waals surface area (Å²) < 4.78 is 0.599. The Hall–Kier alpha value is 0.360. The summed E-state index contributed by atoms with van der Waals surface area (Å²) in [4.78, 5) is 0. The Morgan fingerprint density at radius 1 is 1.75 bits per heavy atom. The first kappa shape index (κ1) is 6.48. The molecule has 0 spiro atoms. The third-order valence-electron chi connectivity index (χ3n) is 1.24. The third-order valence-corrected chi connectivity index (χ3v) is 2.30. The number of halogens is 1. The summed E-state index contributed by atoms with van der Waals surface area (Å²) in [5.41, 5.74) is 0.845. The predicted octanol–water partition coefficient (Wildman–Crippen LogP) is 1.15. The van der Waals surface area contributed by atoms with Gasteiger partial charge in [-0.05, 0) is 12.8 Å². The van der Waals surface area contributed by atoms with Crippen LogP contribution < -0.4 is 5.32 Å². The van der Waals surface area contributed by atoms with Crippen LogP contribution in [0.4, 0.5) is 0 Å². The summed E-state index contributed by atoms with van der Waals surface area (Å²) in [5, 5.41) is 10.4. The zero-order valence-corrected chi connectivity index (χ0v) is 6.73. The molecule has 0 aromatic carbocycles. The molecule has 46 valence electrons. The van der Waals surface area contributed by atoms with Crippen molar-refractivity contribution >= 4 is 28.3 Å². The van der Waals surface area contributed by atoms with Gasteiger partial charge in [0.15, 0.2) is 0 Å². The SMILES string of the molecule is N=C1CCC(I)NC1. The maximum absolute atomic E-state index is 7.21. The highest BCUT2D eigenvalue weighted by molar-refractivity contribution is 14.1. The van der Waals surface area contributed by atoms with Crippen LogP contribution in [-0.4, -0.2) is 16.3 Å². The van der Waals surface area contributed by atoms with Gasteiger partial charge in [-0.2, -0.15) is 0 Å². The van der Waals surface area contributed by atoms with Crippen LogP contribution in [0.25, 0.3) is 0 Å². The molecule has 1 aliphatic rings. The molecule has 0 aliphatic carbocycles. The zero-order valence-electron chi connectivity index (χ0n) is 4.58. The zero-order chi connectivity index (χ0) is 5.98. The van der Waals surface area contributed by atoms with Gasteiger partial charge in [0.05, 0.1) is 4.05 Å². The average molecular weight is 224 g/mol. The van der Waals surface area contributed by atoms with E-state index in [1.807, 2.05) is 0 Å². The molecule has 3 heteroatoms. The van der Waals surface area contributed by atoms with Gasteiger partial charge in [0.25, 0.3) is 0 Å². The topological polar surface area (TPSA) is 35.9 Å². The second-order valence-corrected chi connectivity index (χ2v) is 3.49. The molecule has 1 rings (SSSR count). The molecule has 1 fully saturated rings. The minimum absolute atomic E-state index is 0.599. The van der Waals surface area contributed by atoms with Gasteiger partial charge < -0.3 is 10.7 Å². The quantitative estimate of drug-likeness (QED) is 0.361. The Morgan fingerprint density at radius 3 is 2.88 bits per heavy atom.